The number of nitrogens with zero attached hydrogens (tertiary/aromatic N) is 2. The van der Waals surface area contributed by atoms with Crippen LogP contribution in [0.1, 0.15) is 13.3 Å². The Bertz CT molecular complexity index is 545. The van der Waals surface area contributed by atoms with Crippen LogP contribution in [-0.2, 0) is 4.79 Å². The van der Waals surface area contributed by atoms with Crippen LogP contribution < -0.4 is 5.32 Å². The molecule has 1 aromatic carbocycles. The van der Waals surface area contributed by atoms with Crippen molar-refractivity contribution in [3.63, 3.8) is 0 Å². The molecule has 0 saturated heterocycles. The molecule has 7 heteroatoms. The van der Waals surface area contributed by atoms with Crippen LogP contribution in [0, 0.1) is 0 Å². The van der Waals surface area contributed by atoms with E-state index >= 15 is 0 Å². The van der Waals surface area contributed by atoms with Crippen LogP contribution in [0.3, 0.4) is 0 Å². The number of nitrogens with one attached hydrogen (secondary N) is 1. The standard InChI is InChI=1S/C13H15N3OS3/c1-2-8-18-12-15-16-13(20-12)19-9-11(17)14-10-6-4-3-5-7-10/h3-7H,2,8-9H2,1H3,(H,14,17). The maximum atomic E-state index is 11.8. The molecule has 2 rings (SSSR count). The van der Waals surface area contributed by atoms with Crippen molar-refractivity contribution in [1.82, 2.24) is 10.2 Å². The minimum atomic E-state index is -0.0286. The molecule has 0 spiro atoms. The SMILES string of the molecule is CCCSc1nnc(SCC(=O)Nc2ccccc2)s1. The first kappa shape index (κ1) is 15.3. The number of hydrogen-bond donors (Lipinski definition) is 1. The molecule has 1 amide bonds. The molecule has 0 saturated carbocycles. The molecule has 0 aliphatic rings. The van der Waals surface area contributed by atoms with Crippen LogP contribution in [-0.4, -0.2) is 27.6 Å². The first-order valence-corrected chi connectivity index (χ1v) is 9.00. The van der Waals surface area contributed by atoms with Gasteiger partial charge in [0.05, 0.1) is 5.75 Å². The Kier molecular flexibility index (Phi) is 6.35. The average Bonchev–Trinajstić information content (AvgIpc) is 2.92. The minimum Gasteiger partial charge on any atom is -0.325 e. The zero-order valence-corrected chi connectivity index (χ0v) is 13.5. The summed E-state index contributed by atoms with van der Waals surface area (Å²) in [5, 5.41) is 11.0. The van der Waals surface area contributed by atoms with Gasteiger partial charge in [-0.3, -0.25) is 4.79 Å². The molecule has 2 aromatic rings. The quantitative estimate of drug-likeness (QED) is 0.785. The Morgan fingerprint density at radius 1 is 1.20 bits per heavy atom. The minimum absolute atomic E-state index is 0.0286. The number of benzene rings is 1. The first-order valence-electron chi connectivity index (χ1n) is 6.22. The van der Waals surface area contributed by atoms with Crippen molar-refractivity contribution < 1.29 is 4.79 Å². The van der Waals surface area contributed by atoms with Gasteiger partial charge < -0.3 is 5.32 Å². The second-order valence-corrected chi connectivity index (χ2v) is 7.43. The molecular weight excluding hydrogens is 310 g/mol. The van der Waals surface area contributed by atoms with Crippen LogP contribution in [0.15, 0.2) is 39.0 Å². The van der Waals surface area contributed by atoms with Gasteiger partial charge in [-0.15, -0.1) is 10.2 Å². The maximum absolute atomic E-state index is 11.8. The lowest BCUT2D eigenvalue weighted by Gasteiger charge is -2.02. The highest BCUT2D eigenvalue weighted by Gasteiger charge is 2.08. The number of amides is 1. The summed E-state index contributed by atoms with van der Waals surface area (Å²) in [5.74, 6) is 1.37. The Balaban J connectivity index is 1.77. The number of rotatable bonds is 7. The monoisotopic (exact) mass is 325 g/mol. The Morgan fingerprint density at radius 2 is 1.90 bits per heavy atom. The molecule has 0 radical (unpaired) electrons. The smallest absolute Gasteiger partial charge is 0.234 e. The fourth-order valence-electron chi connectivity index (χ4n) is 1.35. The van der Waals surface area contributed by atoms with E-state index in [2.05, 4.69) is 22.4 Å². The Hall–Kier alpha value is -1.05. The highest BCUT2D eigenvalue weighted by Crippen LogP contribution is 2.28. The number of hydrogen-bond acceptors (Lipinski definition) is 6. The van der Waals surface area contributed by atoms with Gasteiger partial charge in [0.2, 0.25) is 5.91 Å². The van der Waals surface area contributed by atoms with Gasteiger partial charge in [-0.25, -0.2) is 0 Å². The van der Waals surface area contributed by atoms with Crippen LogP contribution in [0.4, 0.5) is 5.69 Å². The van der Waals surface area contributed by atoms with E-state index in [4.69, 9.17) is 0 Å². The molecule has 0 aliphatic carbocycles. The molecule has 0 unspecified atom stereocenters. The van der Waals surface area contributed by atoms with E-state index < -0.39 is 0 Å². The molecule has 20 heavy (non-hydrogen) atoms. The van der Waals surface area contributed by atoms with Crippen molar-refractivity contribution in [3.8, 4) is 0 Å². The summed E-state index contributed by atoms with van der Waals surface area (Å²) in [7, 11) is 0. The van der Waals surface area contributed by atoms with E-state index in [1.807, 2.05) is 30.3 Å². The van der Waals surface area contributed by atoms with Crippen molar-refractivity contribution in [2.45, 2.75) is 22.0 Å². The number of para-hydroxylation sites is 1. The number of anilines is 1. The second-order valence-electron chi connectivity index (χ2n) is 3.89. The highest BCUT2D eigenvalue weighted by atomic mass is 32.2. The molecule has 0 bridgehead atoms. The van der Waals surface area contributed by atoms with Crippen molar-refractivity contribution in [1.29, 1.82) is 0 Å². The van der Waals surface area contributed by atoms with Crippen molar-refractivity contribution in [3.05, 3.63) is 30.3 Å². The summed E-state index contributed by atoms with van der Waals surface area (Å²) >= 11 is 4.68. The number of aromatic nitrogens is 2. The van der Waals surface area contributed by atoms with Crippen LogP contribution in [0.5, 0.6) is 0 Å². The molecular formula is C13H15N3OS3. The summed E-state index contributed by atoms with van der Waals surface area (Å²) in [5.41, 5.74) is 0.814. The topological polar surface area (TPSA) is 54.9 Å². The van der Waals surface area contributed by atoms with Crippen LogP contribution in [0.25, 0.3) is 0 Å². The molecule has 0 aliphatic heterocycles. The zero-order valence-electron chi connectivity index (χ0n) is 11.0. The van der Waals surface area contributed by atoms with Crippen molar-refractivity contribution in [2.75, 3.05) is 16.8 Å². The predicted molar refractivity (Wildman–Crippen MR) is 86.7 cm³/mol. The average molecular weight is 325 g/mol. The van der Waals surface area contributed by atoms with Gasteiger partial charge in [0.25, 0.3) is 0 Å². The van der Waals surface area contributed by atoms with E-state index in [1.165, 1.54) is 11.8 Å². The van der Waals surface area contributed by atoms with Crippen molar-refractivity contribution >= 4 is 46.5 Å². The number of carbonyl (C=O) groups excluding carboxylic acids is 1. The first-order chi connectivity index (χ1) is 9.78. The molecule has 106 valence electrons. The lowest BCUT2D eigenvalue weighted by Crippen LogP contribution is -2.13. The summed E-state index contributed by atoms with van der Waals surface area (Å²) < 4.78 is 1.81. The predicted octanol–water partition coefficient (Wildman–Crippen LogP) is 3.77. The van der Waals surface area contributed by atoms with Gasteiger partial charge in [-0.05, 0) is 18.6 Å². The van der Waals surface area contributed by atoms with Gasteiger partial charge in [-0.1, -0.05) is 60.0 Å². The van der Waals surface area contributed by atoms with E-state index in [9.17, 15) is 4.79 Å². The van der Waals surface area contributed by atoms with Gasteiger partial charge >= 0.3 is 0 Å². The van der Waals surface area contributed by atoms with Gasteiger partial charge in [0.1, 0.15) is 0 Å². The normalized spacial score (nSPS) is 10.4. The number of thioether (sulfide) groups is 2. The Morgan fingerprint density at radius 3 is 2.60 bits per heavy atom. The zero-order chi connectivity index (χ0) is 14.2. The second kappa shape index (κ2) is 8.28. The molecule has 0 fully saturated rings. The third-order valence-corrected chi connectivity index (χ3v) is 5.60. The van der Waals surface area contributed by atoms with Crippen LogP contribution in [0.2, 0.25) is 0 Å². The number of carbonyl (C=O) groups is 1. The lowest BCUT2D eigenvalue weighted by atomic mass is 10.3. The third kappa shape index (κ3) is 5.15. The molecule has 0 atom stereocenters. The van der Waals surface area contributed by atoms with E-state index in [0.29, 0.717) is 5.75 Å². The molecule has 1 N–H and O–H groups in total. The largest absolute Gasteiger partial charge is 0.325 e. The summed E-state index contributed by atoms with van der Waals surface area (Å²) in [4.78, 5) is 11.8. The maximum Gasteiger partial charge on any atom is 0.234 e. The summed E-state index contributed by atoms with van der Waals surface area (Å²) in [6.07, 6.45) is 1.12. The van der Waals surface area contributed by atoms with E-state index in [-0.39, 0.29) is 5.91 Å². The van der Waals surface area contributed by atoms with Gasteiger partial charge in [-0.2, -0.15) is 0 Å². The molecule has 4 nitrogen and oxygen atoms in total. The Labute approximate surface area is 130 Å². The van der Waals surface area contributed by atoms with Gasteiger partial charge in [0.15, 0.2) is 8.68 Å². The highest BCUT2D eigenvalue weighted by molar-refractivity contribution is 8.03. The fraction of sp³-hybridized carbons (Fsp3) is 0.308. The van der Waals surface area contributed by atoms with Gasteiger partial charge in [0, 0.05) is 11.4 Å². The molecule has 1 heterocycles. The van der Waals surface area contributed by atoms with E-state index in [1.54, 1.807) is 23.1 Å². The van der Waals surface area contributed by atoms with E-state index in [0.717, 1.165) is 26.5 Å². The van der Waals surface area contributed by atoms with Crippen molar-refractivity contribution in [2.24, 2.45) is 0 Å². The summed E-state index contributed by atoms with van der Waals surface area (Å²) in [6, 6.07) is 9.44. The van der Waals surface area contributed by atoms with Crippen LogP contribution >= 0.6 is 34.9 Å². The lowest BCUT2D eigenvalue weighted by molar-refractivity contribution is -0.113. The third-order valence-electron chi connectivity index (χ3n) is 2.20. The molecule has 1 aromatic heterocycles. The fourth-order valence-corrected chi connectivity index (χ4v) is 4.09. The summed E-state index contributed by atoms with van der Waals surface area (Å²) in [6.45, 7) is 2.14.